The van der Waals surface area contributed by atoms with Crippen LogP contribution in [0.4, 0.5) is 0 Å². The molecule has 0 radical (unpaired) electrons. The lowest BCUT2D eigenvalue weighted by Crippen LogP contribution is -2.41. The first-order valence-electron chi connectivity index (χ1n) is 12.1. The molecule has 31 heavy (non-hydrogen) atoms. The fraction of sp³-hybridized carbons (Fsp3) is 0.680. The van der Waals surface area contributed by atoms with Crippen molar-refractivity contribution < 1.29 is 4.79 Å². The van der Waals surface area contributed by atoms with Crippen LogP contribution in [0.15, 0.2) is 29.3 Å². The molecule has 0 unspecified atom stereocenters. The topological polar surface area (TPSA) is 60.0 Å². The van der Waals surface area contributed by atoms with Crippen molar-refractivity contribution in [3.8, 4) is 0 Å². The van der Waals surface area contributed by atoms with E-state index in [1.54, 1.807) is 0 Å². The average Bonchev–Trinajstić information content (AvgIpc) is 2.77. The first-order chi connectivity index (χ1) is 14.9. The summed E-state index contributed by atoms with van der Waals surface area (Å²) in [5, 5.41) is 6.77. The number of rotatable bonds is 10. The Morgan fingerprint density at radius 2 is 1.68 bits per heavy atom. The van der Waals surface area contributed by atoms with Crippen LogP contribution in [-0.2, 0) is 6.54 Å². The van der Waals surface area contributed by atoms with Gasteiger partial charge in [0, 0.05) is 50.4 Å². The Balaban J connectivity index is 1.84. The lowest BCUT2D eigenvalue weighted by atomic mass is 10.1. The first kappa shape index (κ1) is 25.2. The second-order valence-corrected chi connectivity index (χ2v) is 8.95. The van der Waals surface area contributed by atoms with Gasteiger partial charge in [-0.05, 0) is 78.0 Å². The van der Waals surface area contributed by atoms with E-state index in [0.29, 0.717) is 18.6 Å². The zero-order chi connectivity index (χ0) is 22.6. The van der Waals surface area contributed by atoms with Gasteiger partial charge in [0.25, 0.3) is 5.91 Å². The van der Waals surface area contributed by atoms with Gasteiger partial charge in [-0.15, -0.1) is 0 Å². The molecule has 1 aliphatic rings. The van der Waals surface area contributed by atoms with Gasteiger partial charge in [-0.1, -0.05) is 12.1 Å². The highest BCUT2D eigenvalue weighted by atomic mass is 16.2. The SMILES string of the molecule is CCNC(=NCc1ccc(C(=O)N2CCCCC2)cc1)NCCCN(C(C)C)C(C)C. The first-order valence-corrected chi connectivity index (χ1v) is 12.1. The summed E-state index contributed by atoms with van der Waals surface area (Å²) in [5.41, 5.74) is 1.89. The minimum absolute atomic E-state index is 0.154. The monoisotopic (exact) mass is 429 g/mol. The molecule has 0 aromatic heterocycles. The van der Waals surface area contributed by atoms with E-state index in [9.17, 15) is 4.79 Å². The molecule has 0 spiro atoms. The number of nitrogens with zero attached hydrogens (tertiary/aromatic N) is 3. The van der Waals surface area contributed by atoms with Crippen molar-refractivity contribution in [2.24, 2.45) is 4.99 Å². The molecule has 2 rings (SSSR count). The second kappa shape index (κ2) is 13.4. The van der Waals surface area contributed by atoms with Gasteiger partial charge >= 0.3 is 0 Å². The predicted octanol–water partition coefficient (Wildman–Crippen LogP) is 3.88. The van der Waals surface area contributed by atoms with E-state index >= 15 is 0 Å². The normalized spacial score (nSPS) is 15.1. The van der Waals surface area contributed by atoms with Gasteiger partial charge in [-0.3, -0.25) is 9.69 Å². The van der Waals surface area contributed by atoms with E-state index in [2.05, 4.69) is 50.2 Å². The van der Waals surface area contributed by atoms with Gasteiger partial charge in [-0.25, -0.2) is 4.99 Å². The van der Waals surface area contributed by atoms with Crippen molar-refractivity contribution in [2.75, 3.05) is 32.7 Å². The summed E-state index contributed by atoms with van der Waals surface area (Å²) in [6, 6.07) is 9.04. The van der Waals surface area contributed by atoms with Gasteiger partial charge in [0.05, 0.1) is 6.54 Å². The molecule has 2 N–H and O–H groups in total. The third-order valence-corrected chi connectivity index (χ3v) is 5.82. The number of nitrogens with one attached hydrogen (secondary N) is 2. The van der Waals surface area contributed by atoms with Crippen LogP contribution in [0.1, 0.15) is 76.2 Å². The summed E-state index contributed by atoms with van der Waals surface area (Å²) in [5.74, 6) is 0.998. The second-order valence-electron chi connectivity index (χ2n) is 8.95. The lowest BCUT2D eigenvalue weighted by Gasteiger charge is -2.30. The van der Waals surface area contributed by atoms with Crippen LogP contribution in [0.25, 0.3) is 0 Å². The van der Waals surface area contributed by atoms with Crippen LogP contribution in [0.2, 0.25) is 0 Å². The van der Waals surface area contributed by atoms with Crippen LogP contribution < -0.4 is 10.6 Å². The number of benzene rings is 1. The molecule has 6 nitrogen and oxygen atoms in total. The molecule has 1 amide bonds. The van der Waals surface area contributed by atoms with Gasteiger partial charge in [0.2, 0.25) is 0 Å². The Bertz CT molecular complexity index is 670. The van der Waals surface area contributed by atoms with E-state index in [4.69, 9.17) is 4.99 Å². The largest absolute Gasteiger partial charge is 0.357 e. The Labute approximate surface area is 189 Å². The van der Waals surface area contributed by atoms with E-state index in [1.807, 2.05) is 29.2 Å². The molecule has 0 aliphatic carbocycles. The fourth-order valence-corrected chi connectivity index (χ4v) is 4.13. The summed E-state index contributed by atoms with van der Waals surface area (Å²) in [6.07, 6.45) is 4.54. The van der Waals surface area contributed by atoms with E-state index < -0.39 is 0 Å². The molecular weight excluding hydrogens is 386 g/mol. The van der Waals surface area contributed by atoms with E-state index in [-0.39, 0.29) is 5.91 Å². The zero-order valence-electron chi connectivity index (χ0n) is 20.3. The minimum atomic E-state index is 0.154. The number of piperidine rings is 1. The molecule has 1 saturated heterocycles. The highest BCUT2D eigenvalue weighted by Gasteiger charge is 2.17. The van der Waals surface area contributed by atoms with Crippen molar-refractivity contribution in [2.45, 2.75) is 78.9 Å². The standard InChI is InChI=1S/C25H43N5O/c1-6-26-25(27-15-10-18-30(20(2)3)21(4)5)28-19-22-11-13-23(14-12-22)24(31)29-16-8-7-9-17-29/h11-14,20-21H,6-10,15-19H2,1-5H3,(H2,26,27,28). The molecule has 174 valence electrons. The van der Waals surface area contributed by atoms with Gasteiger partial charge < -0.3 is 15.5 Å². The van der Waals surface area contributed by atoms with Crippen molar-refractivity contribution >= 4 is 11.9 Å². The molecular formula is C25H43N5O. The van der Waals surface area contributed by atoms with Crippen molar-refractivity contribution in [1.82, 2.24) is 20.4 Å². The summed E-state index contributed by atoms with van der Waals surface area (Å²) in [7, 11) is 0. The maximum absolute atomic E-state index is 12.6. The third-order valence-electron chi connectivity index (χ3n) is 5.82. The molecule has 0 atom stereocenters. The molecule has 1 fully saturated rings. The fourth-order valence-electron chi connectivity index (χ4n) is 4.13. The molecule has 6 heteroatoms. The number of carbonyl (C=O) groups excluding carboxylic acids is 1. The highest BCUT2D eigenvalue weighted by Crippen LogP contribution is 2.14. The quantitative estimate of drug-likeness (QED) is 0.337. The summed E-state index contributed by atoms with van der Waals surface area (Å²) >= 11 is 0. The van der Waals surface area contributed by atoms with Gasteiger partial charge in [0.15, 0.2) is 5.96 Å². The van der Waals surface area contributed by atoms with Gasteiger partial charge in [-0.2, -0.15) is 0 Å². The predicted molar refractivity (Wildman–Crippen MR) is 131 cm³/mol. The van der Waals surface area contributed by atoms with Gasteiger partial charge in [0.1, 0.15) is 0 Å². The molecule has 1 heterocycles. The Hall–Kier alpha value is -2.08. The van der Waals surface area contributed by atoms with Crippen LogP contribution in [-0.4, -0.2) is 66.5 Å². The number of guanidine groups is 1. The minimum Gasteiger partial charge on any atom is -0.357 e. The number of hydrogen-bond donors (Lipinski definition) is 2. The lowest BCUT2D eigenvalue weighted by molar-refractivity contribution is 0.0724. The molecule has 1 aromatic carbocycles. The van der Waals surface area contributed by atoms with Crippen molar-refractivity contribution in [3.63, 3.8) is 0 Å². The maximum atomic E-state index is 12.6. The highest BCUT2D eigenvalue weighted by molar-refractivity contribution is 5.94. The summed E-state index contributed by atoms with van der Waals surface area (Å²) in [6.45, 7) is 16.3. The zero-order valence-corrected chi connectivity index (χ0v) is 20.3. The van der Waals surface area contributed by atoms with Crippen LogP contribution >= 0.6 is 0 Å². The smallest absolute Gasteiger partial charge is 0.253 e. The number of aliphatic imine (C=N–C) groups is 1. The van der Waals surface area contributed by atoms with E-state index in [0.717, 1.165) is 69.1 Å². The Kier molecular flexibility index (Phi) is 10.9. The van der Waals surface area contributed by atoms with Crippen LogP contribution in [0.3, 0.4) is 0 Å². The third kappa shape index (κ3) is 8.52. The molecule has 0 saturated carbocycles. The Morgan fingerprint density at radius 3 is 2.26 bits per heavy atom. The van der Waals surface area contributed by atoms with Crippen molar-refractivity contribution in [3.05, 3.63) is 35.4 Å². The van der Waals surface area contributed by atoms with Crippen molar-refractivity contribution in [1.29, 1.82) is 0 Å². The number of amides is 1. The summed E-state index contributed by atoms with van der Waals surface area (Å²) < 4.78 is 0. The Morgan fingerprint density at radius 1 is 1.03 bits per heavy atom. The number of hydrogen-bond acceptors (Lipinski definition) is 3. The molecule has 0 bridgehead atoms. The van der Waals surface area contributed by atoms with Crippen LogP contribution in [0, 0.1) is 0 Å². The molecule has 1 aromatic rings. The van der Waals surface area contributed by atoms with E-state index in [1.165, 1.54) is 6.42 Å². The summed E-state index contributed by atoms with van der Waals surface area (Å²) in [4.78, 5) is 21.8. The number of likely N-dealkylation sites (tertiary alicyclic amines) is 1. The maximum Gasteiger partial charge on any atom is 0.253 e. The van der Waals surface area contributed by atoms with Crippen LogP contribution in [0.5, 0.6) is 0 Å². The average molecular weight is 430 g/mol. The molecule has 1 aliphatic heterocycles. The number of carbonyl (C=O) groups is 1.